The third kappa shape index (κ3) is 5.02. The van der Waals surface area contributed by atoms with Gasteiger partial charge in [0.1, 0.15) is 10.6 Å². The maximum atomic E-state index is 13.4. The molecule has 1 saturated heterocycles. The number of hydrogen-bond acceptors (Lipinski definition) is 6. The number of ether oxygens (including phenoxy) is 2. The monoisotopic (exact) mass is 512 g/mol. The molecule has 3 heterocycles. The van der Waals surface area contributed by atoms with Crippen molar-refractivity contribution < 1.29 is 35.9 Å². The number of fused-ring (bicyclic) bond motifs is 1. The molecule has 2 aromatic rings. The fourth-order valence-corrected chi connectivity index (χ4v) is 5.58. The van der Waals surface area contributed by atoms with Gasteiger partial charge in [0.15, 0.2) is 15.9 Å². The first-order chi connectivity index (χ1) is 16.6. The van der Waals surface area contributed by atoms with Gasteiger partial charge < -0.3 is 14.4 Å². The van der Waals surface area contributed by atoms with Crippen LogP contribution in [-0.2, 0) is 25.9 Å². The number of carbonyl (C=O) groups excluding carboxylic acids is 1. The van der Waals surface area contributed by atoms with Gasteiger partial charge in [-0.2, -0.15) is 13.2 Å². The van der Waals surface area contributed by atoms with E-state index in [0.29, 0.717) is 30.9 Å². The van der Waals surface area contributed by atoms with Gasteiger partial charge in [-0.1, -0.05) is 25.1 Å². The predicted molar refractivity (Wildman–Crippen MR) is 121 cm³/mol. The number of alkyl halides is 3. The molecule has 1 unspecified atom stereocenters. The number of benzene rings is 1. The molecule has 0 saturated carbocycles. The van der Waals surface area contributed by atoms with Crippen molar-refractivity contribution in [2.24, 2.45) is 0 Å². The molecule has 11 heteroatoms. The molecule has 190 valence electrons. The number of para-hydroxylation sites is 1. The second kappa shape index (κ2) is 9.77. The lowest BCUT2D eigenvalue weighted by Crippen LogP contribution is -2.32. The molecule has 2 aliphatic rings. The lowest BCUT2D eigenvalue weighted by molar-refractivity contribution is -0.189. The van der Waals surface area contributed by atoms with Crippen molar-refractivity contribution in [1.29, 1.82) is 0 Å². The minimum atomic E-state index is -4.71. The zero-order valence-corrected chi connectivity index (χ0v) is 20.2. The summed E-state index contributed by atoms with van der Waals surface area (Å²) in [6.07, 6.45) is -4.71. The van der Waals surface area contributed by atoms with Gasteiger partial charge in [-0.15, -0.1) is 0 Å². The quantitative estimate of drug-likeness (QED) is 0.518. The Morgan fingerprint density at radius 1 is 1.20 bits per heavy atom. The van der Waals surface area contributed by atoms with E-state index in [1.807, 2.05) is 12.1 Å². The Bertz CT molecular complexity index is 1200. The maximum absolute atomic E-state index is 13.4. The van der Waals surface area contributed by atoms with Gasteiger partial charge >= 0.3 is 6.18 Å². The number of hydrogen-bond donors (Lipinski definition) is 0. The van der Waals surface area contributed by atoms with Crippen molar-refractivity contribution in [3.63, 3.8) is 0 Å². The van der Waals surface area contributed by atoms with Crippen LogP contribution < -0.4 is 4.74 Å². The number of halogens is 3. The van der Waals surface area contributed by atoms with E-state index in [9.17, 15) is 26.4 Å². The SMILES string of the molecule is CCS(=O)(=O)c1cccc(C2c3ccc(C4CCOCC4)nc3CN2C=O)c1O[C@@H](C)C(F)(F)F. The van der Waals surface area contributed by atoms with E-state index in [1.165, 1.54) is 30.0 Å². The second-order valence-electron chi connectivity index (χ2n) is 8.72. The fourth-order valence-electron chi connectivity index (χ4n) is 4.53. The van der Waals surface area contributed by atoms with Crippen molar-refractivity contribution in [1.82, 2.24) is 9.88 Å². The van der Waals surface area contributed by atoms with E-state index < -0.39 is 33.9 Å². The van der Waals surface area contributed by atoms with E-state index in [4.69, 9.17) is 14.5 Å². The molecular weight excluding hydrogens is 485 g/mol. The van der Waals surface area contributed by atoms with Crippen LogP contribution in [0.3, 0.4) is 0 Å². The van der Waals surface area contributed by atoms with E-state index in [1.54, 1.807) is 0 Å². The van der Waals surface area contributed by atoms with Gasteiger partial charge in [0.25, 0.3) is 0 Å². The van der Waals surface area contributed by atoms with Gasteiger partial charge in [0.05, 0.1) is 24.0 Å². The molecule has 7 nitrogen and oxygen atoms in total. The minimum Gasteiger partial charge on any atom is -0.479 e. The molecule has 0 radical (unpaired) electrons. The number of carbonyl (C=O) groups is 1. The fraction of sp³-hybridized carbons (Fsp3) is 0.500. The molecule has 0 spiro atoms. The summed E-state index contributed by atoms with van der Waals surface area (Å²) in [4.78, 5) is 17.9. The first-order valence-corrected chi connectivity index (χ1v) is 13.1. The third-order valence-corrected chi connectivity index (χ3v) is 8.29. The average molecular weight is 513 g/mol. The molecule has 1 aromatic heterocycles. The Morgan fingerprint density at radius 2 is 1.91 bits per heavy atom. The van der Waals surface area contributed by atoms with E-state index in [2.05, 4.69) is 0 Å². The van der Waals surface area contributed by atoms with E-state index in [0.717, 1.165) is 25.5 Å². The summed E-state index contributed by atoms with van der Waals surface area (Å²) < 4.78 is 76.4. The molecule has 2 aliphatic heterocycles. The summed E-state index contributed by atoms with van der Waals surface area (Å²) in [6.45, 7) is 3.66. The summed E-state index contributed by atoms with van der Waals surface area (Å²) in [6, 6.07) is 7.03. The van der Waals surface area contributed by atoms with Gasteiger partial charge in [0, 0.05) is 36.0 Å². The first-order valence-electron chi connectivity index (χ1n) is 11.4. The molecule has 1 amide bonds. The molecular formula is C24H27F3N2O5S. The number of aromatic nitrogens is 1. The van der Waals surface area contributed by atoms with Gasteiger partial charge in [-0.25, -0.2) is 8.42 Å². The molecule has 0 N–H and O–H groups in total. The summed E-state index contributed by atoms with van der Waals surface area (Å²) in [5.74, 6) is -0.485. The van der Waals surface area contributed by atoms with E-state index >= 15 is 0 Å². The summed E-state index contributed by atoms with van der Waals surface area (Å²) in [5, 5.41) is 0. The molecule has 1 aromatic carbocycles. The largest absolute Gasteiger partial charge is 0.479 e. The smallest absolute Gasteiger partial charge is 0.425 e. The molecule has 35 heavy (non-hydrogen) atoms. The number of rotatable bonds is 7. The zero-order valence-electron chi connectivity index (χ0n) is 19.4. The zero-order chi connectivity index (χ0) is 25.4. The van der Waals surface area contributed by atoms with Gasteiger partial charge in [0.2, 0.25) is 6.41 Å². The Hall–Kier alpha value is -2.66. The average Bonchev–Trinajstić information content (AvgIpc) is 3.21. The van der Waals surface area contributed by atoms with Crippen molar-refractivity contribution in [3.8, 4) is 5.75 Å². The number of amides is 1. The third-order valence-electron chi connectivity index (χ3n) is 6.54. The second-order valence-corrected chi connectivity index (χ2v) is 11.0. The van der Waals surface area contributed by atoms with Crippen molar-refractivity contribution >= 4 is 16.2 Å². The normalized spacial score (nSPS) is 19.9. The highest BCUT2D eigenvalue weighted by atomic mass is 32.2. The van der Waals surface area contributed by atoms with Gasteiger partial charge in [-0.3, -0.25) is 9.78 Å². The molecule has 2 atom stereocenters. The van der Waals surface area contributed by atoms with Crippen LogP contribution in [0.2, 0.25) is 0 Å². The molecule has 4 rings (SSSR count). The van der Waals surface area contributed by atoms with Crippen LogP contribution in [0.15, 0.2) is 35.2 Å². The summed E-state index contributed by atoms with van der Waals surface area (Å²) >= 11 is 0. The summed E-state index contributed by atoms with van der Waals surface area (Å²) in [7, 11) is -3.92. The first kappa shape index (κ1) is 25.4. The Labute approximate surface area is 202 Å². The van der Waals surface area contributed by atoms with E-state index in [-0.39, 0.29) is 28.7 Å². The van der Waals surface area contributed by atoms with Crippen LogP contribution in [0.25, 0.3) is 0 Å². The molecule has 0 aliphatic carbocycles. The number of pyridine rings is 1. The Kier molecular flexibility index (Phi) is 7.10. The van der Waals surface area contributed by atoms with Crippen LogP contribution in [-0.4, -0.2) is 56.0 Å². The standard InChI is InChI=1S/C24H27F3N2O5S/c1-3-35(31,32)21-6-4-5-18(23(21)34-15(2)24(25,26)27)22-17-7-8-19(16-9-11-33-12-10-16)28-20(17)13-29(22)14-30/h4-8,14-16,22H,3,9-13H2,1-2H3/t15-,22?/m0/s1. The van der Waals surface area contributed by atoms with Crippen LogP contribution in [0, 0.1) is 0 Å². The highest BCUT2D eigenvalue weighted by molar-refractivity contribution is 7.91. The minimum absolute atomic E-state index is 0.152. The van der Waals surface area contributed by atoms with Crippen molar-refractivity contribution in [2.75, 3.05) is 19.0 Å². The highest BCUT2D eigenvalue weighted by Gasteiger charge is 2.41. The van der Waals surface area contributed by atoms with Crippen LogP contribution in [0.5, 0.6) is 5.75 Å². The molecule has 1 fully saturated rings. The Balaban J connectivity index is 1.83. The maximum Gasteiger partial charge on any atom is 0.425 e. The lowest BCUT2D eigenvalue weighted by Gasteiger charge is -2.27. The Morgan fingerprint density at radius 3 is 2.54 bits per heavy atom. The number of sulfone groups is 1. The van der Waals surface area contributed by atoms with Crippen LogP contribution in [0.1, 0.15) is 61.2 Å². The van der Waals surface area contributed by atoms with Crippen molar-refractivity contribution in [3.05, 3.63) is 52.8 Å². The predicted octanol–water partition coefficient (Wildman–Crippen LogP) is 4.16. The van der Waals surface area contributed by atoms with Crippen molar-refractivity contribution in [2.45, 2.75) is 62.4 Å². The summed E-state index contributed by atoms with van der Waals surface area (Å²) in [5.41, 5.74) is 2.30. The number of nitrogens with zero attached hydrogens (tertiary/aromatic N) is 2. The van der Waals surface area contributed by atoms with Gasteiger partial charge in [-0.05, 0) is 31.9 Å². The lowest BCUT2D eigenvalue weighted by atomic mass is 9.93. The van der Waals surface area contributed by atoms with Crippen LogP contribution >= 0.6 is 0 Å². The topological polar surface area (TPSA) is 85.8 Å². The molecule has 0 bridgehead atoms. The highest BCUT2D eigenvalue weighted by Crippen LogP contribution is 2.44. The van der Waals surface area contributed by atoms with Crippen LogP contribution in [0.4, 0.5) is 13.2 Å².